The summed E-state index contributed by atoms with van der Waals surface area (Å²) in [6, 6.07) is 13.3. The summed E-state index contributed by atoms with van der Waals surface area (Å²) in [6.07, 6.45) is 5.46. The third kappa shape index (κ3) is 3.68. The van der Waals surface area contributed by atoms with Gasteiger partial charge in [-0.3, -0.25) is 19.4 Å². The van der Waals surface area contributed by atoms with Crippen molar-refractivity contribution in [3.63, 3.8) is 0 Å². The summed E-state index contributed by atoms with van der Waals surface area (Å²) < 4.78 is 1.69. The molecule has 0 fully saturated rings. The minimum atomic E-state index is -0.623. The SMILES string of the molecule is Cc1nc2cc(C=CC(=O)NO)ccc2c(=O)n1CCc1c[nH]c2ccccc12. The Kier molecular flexibility index (Phi) is 4.97. The molecule has 0 aliphatic rings. The number of aromatic amines is 1. The lowest BCUT2D eigenvalue weighted by Gasteiger charge is -2.11. The summed E-state index contributed by atoms with van der Waals surface area (Å²) in [6.45, 7) is 2.35. The topological polar surface area (TPSA) is 100 Å². The van der Waals surface area contributed by atoms with Crippen molar-refractivity contribution in [2.75, 3.05) is 0 Å². The number of nitrogens with one attached hydrogen (secondary N) is 2. The number of hydroxylamine groups is 1. The van der Waals surface area contributed by atoms with Crippen LogP contribution < -0.4 is 11.0 Å². The highest BCUT2D eigenvalue weighted by molar-refractivity contribution is 5.91. The van der Waals surface area contributed by atoms with Crippen LogP contribution >= 0.6 is 0 Å². The normalized spacial score (nSPS) is 11.5. The number of H-pyrrole nitrogens is 1. The number of carbonyl (C=O) groups excluding carboxylic acids is 1. The monoisotopic (exact) mass is 388 g/mol. The van der Waals surface area contributed by atoms with E-state index in [1.165, 1.54) is 11.6 Å². The fraction of sp³-hybridized carbons (Fsp3) is 0.136. The maximum atomic E-state index is 13.0. The van der Waals surface area contributed by atoms with E-state index in [2.05, 4.69) is 16.0 Å². The van der Waals surface area contributed by atoms with Gasteiger partial charge in [0.2, 0.25) is 0 Å². The highest BCUT2D eigenvalue weighted by Gasteiger charge is 2.10. The molecule has 3 N–H and O–H groups in total. The maximum absolute atomic E-state index is 13.0. The summed E-state index contributed by atoms with van der Waals surface area (Å²) in [5.41, 5.74) is 4.98. The Bertz CT molecular complexity index is 1300. The Labute approximate surface area is 166 Å². The molecule has 0 aliphatic heterocycles. The molecule has 0 atom stereocenters. The van der Waals surface area contributed by atoms with E-state index in [1.54, 1.807) is 28.8 Å². The van der Waals surface area contributed by atoms with Crippen molar-refractivity contribution >= 4 is 33.8 Å². The van der Waals surface area contributed by atoms with Gasteiger partial charge in [0.1, 0.15) is 5.82 Å². The zero-order valence-corrected chi connectivity index (χ0v) is 15.8. The number of carbonyl (C=O) groups is 1. The van der Waals surface area contributed by atoms with E-state index in [1.807, 2.05) is 31.3 Å². The molecule has 1 amide bonds. The van der Waals surface area contributed by atoms with E-state index < -0.39 is 5.91 Å². The second-order valence-electron chi connectivity index (χ2n) is 6.81. The summed E-state index contributed by atoms with van der Waals surface area (Å²) in [4.78, 5) is 32.0. The average Bonchev–Trinajstić information content (AvgIpc) is 3.14. The van der Waals surface area contributed by atoms with Gasteiger partial charge in [-0.05, 0) is 48.7 Å². The molecule has 0 bridgehead atoms. The minimum absolute atomic E-state index is 0.0871. The summed E-state index contributed by atoms with van der Waals surface area (Å²) in [5.74, 6) is 0.0125. The Morgan fingerprint density at radius 1 is 1.24 bits per heavy atom. The summed E-state index contributed by atoms with van der Waals surface area (Å²) >= 11 is 0. The van der Waals surface area contributed by atoms with E-state index in [-0.39, 0.29) is 5.56 Å². The van der Waals surface area contributed by atoms with Gasteiger partial charge in [0.25, 0.3) is 11.5 Å². The molecule has 0 spiro atoms. The van der Waals surface area contributed by atoms with E-state index in [4.69, 9.17) is 5.21 Å². The molecule has 2 aromatic carbocycles. The second-order valence-corrected chi connectivity index (χ2v) is 6.81. The molecule has 4 aromatic rings. The average molecular weight is 388 g/mol. The summed E-state index contributed by atoms with van der Waals surface area (Å²) in [5, 5.41) is 10.2. The number of para-hydroxylation sites is 1. The first-order valence-electron chi connectivity index (χ1n) is 9.25. The number of aromatic nitrogens is 3. The van der Waals surface area contributed by atoms with E-state index in [9.17, 15) is 9.59 Å². The molecule has 0 aliphatic carbocycles. The molecule has 2 aromatic heterocycles. The van der Waals surface area contributed by atoms with Crippen LogP contribution in [0.5, 0.6) is 0 Å². The van der Waals surface area contributed by atoms with Crippen molar-refractivity contribution in [3.8, 4) is 0 Å². The third-order valence-corrected chi connectivity index (χ3v) is 4.99. The van der Waals surface area contributed by atoms with Crippen LogP contribution in [0.15, 0.2) is 59.5 Å². The van der Waals surface area contributed by atoms with Gasteiger partial charge in [0, 0.05) is 29.7 Å². The minimum Gasteiger partial charge on any atom is -0.361 e. The Hall–Kier alpha value is -3.71. The van der Waals surface area contributed by atoms with Crippen LogP contribution in [-0.4, -0.2) is 25.6 Å². The number of amides is 1. The quantitative estimate of drug-likeness (QED) is 0.278. The molecule has 0 radical (unpaired) electrons. The molecular weight excluding hydrogens is 368 g/mol. The second kappa shape index (κ2) is 7.73. The van der Waals surface area contributed by atoms with Crippen LogP contribution in [0.1, 0.15) is 17.0 Å². The predicted octanol–water partition coefficient (Wildman–Crippen LogP) is 2.95. The smallest absolute Gasteiger partial charge is 0.267 e. The fourth-order valence-corrected chi connectivity index (χ4v) is 3.50. The van der Waals surface area contributed by atoms with Crippen LogP contribution in [0.2, 0.25) is 0 Å². The number of aryl methyl sites for hydroxylation is 2. The molecular formula is C22H20N4O3. The van der Waals surface area contributed by atoms with Gasteiger partial charge < -0.3 is 4.98 Å². The first-order valence-corrected chi connectivity index (χ1v) is 9.25. The lowest BCUT2D eigenvalue weighted by molar-refractivity contribution is -0.124. The van der Waals surface area contributed by atoms with Gasteiger partial charge >= 0.3 is 0 Å². The molecule has 0 unspecified atom stereocenters. The third-order valence-electron chi connectivity index (χ3n) is 4.99. The zero-order chi connectivity index (χ0) is 20.4. The van der Waals surface area contributed by atoms with Crippen molar-refractivity contribution in [2.24, 2.45) is 0 Å². The van der Waals surface area contributed by atoms with Crippen molar-refractivity contribution in [1.29, 1.82) is 0 Å². The van der Waals surface area contributed by atoms with Gasteiger partial charge in [0.05, 0.1) is 10.9 Å². The number of hydrogen-bond acceptors (Lipinski definition) is 4. The van der Waals surface area contributed by atoms with E-state index >= 15 is 0 Å². The van der Waals surface area contributed by atoms with Gasteiger partial charge in [-0.25, -0.2) is 10.5 Å². The van der Waals surface area contributed by atoms with Gasteiger partial charge in [-0.2, -0.15) is 0 Å². The molecule has 29 heavy (non-hydrogen) atoms. The Morgan fingerprint density at radius 2 is 2.07 bits per heavy atom. The lowest BCUT2D eigenvalue weighted by Crippen LogP contribution is -2.24. The van der Waals surface area contributed by atoms with Crippen molar-refractivity contribution in [1.82, 2.24) is 20.0 Å². The number of fused-ring (bicyclic) bond motifs is 2. The van der Waals surface area contributed by atoms with Crippen LogP contribution in [0.3, 0.4) is 0 Å². The van der Waals surface area contributed by atoms with Crippen molar-refractivity contribution in [3.05, 3.63) is 82.0 Å². The van der Waals surface area contributed by atoms with Crippen LogP contribution in [0.4, 0.5) is 0 Å². The largest absolute Gasteiger partial charge is 0.361 e. The standard InChI is InChI=1S/C22H20N4O3/c1-14-24-20-12-15(7-9-21(27)25-29)6-8-18(20)22(28)26(14)11-10-16-13-23-19-5-3-2-4-17(16)19/h2-9,12-13,23,29H,10-11H2,1H3,(H,25,27). The highest BCUT2D eigenvalue weighted by atomic mass is 16.5. The van der Waals surface area contributed by atoms with Crippen LogP contribution in [-0.2, 0) is 17.8 Å². The van der Waals surface area contributed by atoms with Gasteiger partial charge in [-0.15, -0.1) is 0 Å². The Morgan fingerprint density at radius 3 is 2.90 bits per heavy atom. The number of rotatable bonds is 5. The molecule has 2 heterocycles. The zero-order valence-electron chi connectivity index (χ0n) is 15.8. The highest BCUT2D eigenvalue weighted by Crippen LogP contribution is 2.19. The fourth-order valence-electron chi connectivity index (χ4n) is 3.50. The van der Waals surface area contributed by atoms with E-state index in [0.717, 1.165) is 22.9 Å². The number of nitrogens with zero attached hydrogens (tertiary/aromatic N) is 2. The van der Waals surface area contributed by atoms with Gasteiger partial charge in [0.15, 0.2) is 0 Å². The molecule has 7 nitrogen and oxygen atoms in total. The van der Waals surface area contributed by atoms with Crippen LogP contribution in [0, 0.1) is 6.92 Å². The van der Waals surface area contributed by atoms with Gasteiger partial charge in [-0.1, -0.05) is 24.3 Å². The number of hydrogen-bond donors (Lipinski definition) is 3. The van der Waals surface area contributed by atoms with Crippen molar-refractivity contribution < 1.29 is 10.0 Å². The predicted molar refractivity (Wildman–Crippen MR) is 112 cm³/mol. The van der Waals surface area contributed by atoms with E-state index in [0.29, 0.717) is 28.8 Å². The first kappa shape index (κ1) is 18.6. The lowest BCUT2D eigenvalue weighted by atomic mass is 10.1. The van der Waals surface area contributed by atoms with Crippen molar-refractivity contribution in [2.45, 2.75) is 19.9 Å². The maximum Gasteiger partial charge on any atom is 0.267 e. The first-order chi connectivity index (χ1) is 14.1. The summed E-state index contributed by atoms with van der Waals surface area (Å²) in [7, 11) is 0. The number of benzene rings is 2. The molecule has 4 rings (SSSR count). The molecule has 146 valence electrons. The molecule has 7 heteroatoms. The Balaban J connectivity index is 1.64. The molecule has 0 saturated heterocycles. The van der Waals surface area contributed by atoms with Crippen LogP contribution in [0.25, 0.3) is 27.9 Å². The molecule has 0 saturated carbocycles.